The fourth-order valence-electron chi connectivity index (χ4n) is 4.53. The third kappa shape index (κ3) is 4.26. The Labute approximate surface area is 191 Å². The summed E-state index contributed by atoms with van der Waals surface area (Å²) in [6, 6.07) is 16.9. The van der Waals surface area contributed by atoms with Gasteiger partial charge in [0.2, 0.25) is 5.91 Å². The molecule has 0 spiro atoms. The molecular formula is C26H24FN3O3. The molecule has 5 rings (SSSR count). The number of Topliss-reactive ketones (excluding diaryl/α,β-unsaturated/α-hetero) is 1. The van der Waals surface area contributed by atoms with Gasteiger partial charge in [-0.2, -0.15) is 0 Å². The Balaban J connectivity index is 1.50. The number of rotatable bonds is 5. The minimum absolute atomic E-state index is 0.0231. The van der Waals surface area contributed by atoms with Crippen molar-refractivity contribution in [1.29, 1.82) is 0 Å². The SMILES string of the molecule is O=C(CN1c2ccccc2NC2=C(C(=O)CCC2)C1c1ccco1)NCc1ccc(F)cc1. The van der Waals surface area contributed by atoms with Crippen molar-refractivity contribution < 1.29 is 18.4 Å². The van der Waals surface area contributed by atoms with E-state index in [4.69, 9.17) is 4.42 Å². The van der Waals surface area contributed by atoms with Crippen LogP contribution in [0.15, 0.2) is 82.6 Å². The summed E-state index contributed by atoms with van der Waals surface area (Å²) >= 11 is 0. The maximum Gasteiger partial charge on any atom is 0.239 e. The van der Waals surface area contributed by atoms with E-state index < -0.39 is 6.04 Å². The number of furan rings is 1. The Morgan fingerprint density at radius 3 is 2.70 bits per heavy atom. The Kier molecular flexibility index (Phi) is 5.69. The molecule has 1 aliphatic heterocycles. The number of anilines is 2. The number of halogens is 1. The van der Waals surface area contributed by atoms with Gasteiger partial charge < -0.3 is 20.0 Å². The molecule has 2 aromatic carbocycles. The van der Waals surface area contributed by atoms with Gasteiger partial charge in [-0.3, -0.25) is 9.59 Å². The van der Waals surface area contributed by atoms with Crippen molar-refractivity contribution in [1.82, 2.24) is 5.32 Å². The van der Waals surface area contributed by atoms with Crippen LogP contribution in [0, 0.1) is 5.82 Å². The number of fused-ring (bicyclic) bond motifs is 1. The molecule has 0 bridgehead atoms. The number of para-hydroxylation sites is 2. The van der Waals surface area contributed by atoms with Crippen LogP contribution in [-0.4, -0.2) is 18.2 Å². The zero-order chi connectivity index (χ0) is 22.8. The van der Waals surface area contributed by atoms with E-state index in [2.05, 4.69) is 10.6 Å². The third-order valence-corrected chi connectivity index (χ3v) is 6.07. The van der Waals surface area contributed by atoms with Crippen LogP contribution in [0.5, 0.6) is 0 Å². The van der Waals surface area contributed by atoms with Crippen LogP contribution >= 0.6 is 0 Å². The molecule has 2 aliphatic rings. The second-order valence-electron chi connectivity index (χ2n) is 8.26. The molecule has 168 valence electrons. The van der Waals surface area contributed by atoms with E-state index in [9.17, 15) is 14.0 Å². The highest BCUT2D eigenvalue weighted by atomic mass is 19.1. The summed E-state index contributed by atoms with van der Waals surface area (Å²) < 4.78 is 18.9. The lowest BCUT2D eigenvalue weighted by atomic mass is 9.88. The van der Waals surface area contributed by atoms with Crippen molar-refractivity contribution >= 4 is 23.1 Å². The molecule has 1 atom stereocenters. The van der Waals surface area contributed by atoms with Gasteiger partial charge in [-0.15, -0.1) is 0 Å². The first-order chi connectivity index (χ1) is 16.1. The van der Waals surface area contributed by atoms with Gasteiger partial charge in [-0.1, -0.05) is 24.3 Å². The van der Waals surface area contributed by atoms with E-state index in [1.165, 1.54) is 12.1 Å². The summed E-state index contributed by atoms with van der Waals surface area (Å²) in [7, 11) is 0. The molecule has 2 N–H and O–H groups in total. The van der Waals surface area contributed by atoms with Crippen LogP contribution in [0.4, 0.5) is 15.8 Å². The van der Waals surface area contributed by atoms with Gasteiger partial charge in [-0.05, 0) is 54.8 Å². The number of allylic oxidation sites excluding steroid dienone is 1. The molecular weight excluding hydrogens is 421 g/mol. The van der Waals surface area contributed by atoms with E-state index in [0.717, 1.165) is 35.5 Å². The zero-order valence-corrected chi connectivity index (χ0v) is 18.0. The average Bonchev–Trinajstić information content (AvgIpc) is 3.30. The van der Waals surface area contributed by atoms with Crippen LogP contribution < -0.4 is 15.5 Å². The standard InChI is InChI=1S/C26H24FN3O3/c27-18-12-10-17(11-13-18)15-28-24(32)16-30-21-7-2-1-5-19(21)29-20-6-3-8-22(31)25(20)26(30)23-9-4-14-33-23/h1-2,4-5,7,9-14,26,29H,3,6,8,15-16H2,(H,28,32). The Bertz CT molecular complexity index is 1200. The molecule has 7 heteroatoms. The molecule has 1 aliphatic carbocycles. The van der Waals surface area contributed by atoms with Crippen molar-refractivity contribution in [2.24, 2.45) is 0 Å². The highest BCUT2D eigenvalue weighted by Crippen LogP contribution is 2.44. The minimum Gasteiger partial charge on any atom is -0.467 e. The second-order valence-corrected chi connectivity index (χ2v) is 8.26. The lowest BCUT2D eigenvalue weighted by Gasteiger charge is -2.33. The molecule has 1 amide bonds. The van der Waals surface area contributed by atoms with Crippen LogP contribution in [0.2, 0.25) is 0 Å². The zero-order valence-electron chi connectivity index (χ0n) is 18.0. The summed E-state index contributed by atoms with van der Waals surface area (Å²) in [5.41, 5.74) is 4.00. The molecule has 0 fully saturated rings. The maximum absolute atomic E-state index is 13.2. The van der Waals surface area contributed by atoms with Crippen LogP contribution in [0.1, 0.15) is 36.6 Å². The number of hydrogen-bond donors (Lipinski definition) is 2. The molecule has 0 saturated carbocycles. The Morgan fingerprint density at radius 1 is 1.09 bits per heavy atom. The Morgan fingerprint density at radius 2 is 1.91 bits per heavy atom. The van der Waals surface area contributed by atoms with Crippen molar-refractivity contribution in [2.45, 2.75) is 31.8 Å². The Hall–Kier alpha value is -3.87. The first-order valence-corrected chi connectivity index (χ1v) is 11.0. The smallest absolute Gasteiger partial charge is 0.239 e. The van der Waals surface area contributed by atoms with Crippen LogP contribution in [0.3, 0.4) is 0 Å². The number of hydrogen-bond acceptors (Lipinski definition) is 5. The molecule has 0 radical (unpaired) electrons. The summed E-state index contributed by atoms with van der Waals surface area (Å²) in [4.78, 5) is 28.1. The quantitative estimate of drug-likeness (QED) is 0.595. The number of benzene rings is 2. The molecule has 0 saturated heterocycles. The lowest BCUT2D eigenvalue weighted by Crippen LogP contribution is -2.41. The van der Waals surface area contributed by atoms with E-state index in [-0.39, 0.29) is 30.6 Å². The van der Waals surface area contributed by atoms with Crippen molar-refractivity contribution in [2.75, 3.05) is 16.8 Å². The molecule has 6 nitrogen and oxygen atoms in total. The summed E-state index contributed by atoms with van der Waals surface area (Å²) in [5.74, 6) is 0.150. The number of carbonyl (C=O) groups is 2. The predicted octanol–water partition coefficient (Wildman–Crippen LogP) is 4.72. The second kappa shape index (κ2) is 8.94. The molecule has 3 aromatic rings. The van der Waals surface area contributed by atoms with Gasteiger partial charge in [0.25, 0.3) is 0 Å². The minimum atomic E-state index is -0.518. The van der Waals surface area contributed by atoms with Gasteiger partial charge >= 0.3 is 0 Å². The van der Waals surface area contributed by atoms with Crippen LogP contribution in [0.25, 0.3) is 0 Å². The maximum atomic E-state index is 13.2. The van der Waals surface area contributed by atoms with Gasteiger partial charge in [-0.25, -0.2) is 4.39 Å². The summed E-state index contributed by atoms with van der Waals surface area (Å²) in [6.07, 6.45) is 3.60. The van der Waals surface area contributed by atoms with E-state index in [1.54, 1.807) is 24.5 Å². The summed E-state index contributed by atoms with van der Waals surface area (Å²) in [5, 5.41) is 6.37. The van der Waals surface area contributed by atoms with Crippen molar-refractivity contribution in [3.05, 3.63) is 95.3 Å². The average molecular weight is 445 g/mol. The number of carbonyl (C=O) groups excluding carboxylic acids is 2. The monoisotopic (exact) mass is 445 g/mol. The highest BCUT2D eigenvalue weighted by Gasteiger charge is 2.38. The molecule has 1 unspecified atom stereocenters. The van der Waals surface area contributed by atoms with Gasteiger partial charge in [0.05, 0.1) is 24.2 Å². The topological polar surface area (TPSA) is 74.6 Å². The first-order valence-electron chi connectivity index (χ1n) is 11.0. The number of amides is 1. The van der Waals surface area contributed by atoms with Crippen molar-refractivity contribution in [3.63, 3.8) is 0 Å². The van der Waals surface area contributed by atoms with E-state index in [0.29, 0.717) is 17.8 Å². The summed E-state index contributed by atoms with van der Waals surface area (Å²) in [6.45, 7) is 0.306. The lowest BCUT2D eigenvalue weighted by molar-refractivity contribution is -0.120. The number of ketones is 1. The third-order valence-electron chi connectivity index (χ3n) is 6.07. The molecule has 1 aromatic heterocycles. The van der Waals surface area contributed by atoms with Gasteiger partial charge in [0.1, 0.15) is 17.6 Å². The predicted molar refractivity (Wildman–Crippen MR) is 123 cm³/mol. The number of nitrogens with one attached hydrogen (secondary N) is 2. The molecule has 2 heterocycles. The normalized spacial score (nSPS) is 17.7. The van der Waals surface area contributed by atoms with E-state index >= 15 is 0 Å². The van der Waals surface area contributed by atoms with Gasteiger partial charge in [0.15, 0.2) is 5.78 Å². The van der Waals surface area contributed by atoms with E-state index in [1.807, 2.05) is 35.2 Å². The number of nitrogens with zero attached hydrogens (tertiary/aromatic N) is 1. The fraction of sp³-hybridized carbons (Fsp3) is 0.231. The fourth-order valence-corrected chi connectivity index (χ4v) is 4.53. The molecule has 33 heavy (non-hydrogen) atoms. The van der Waals surface area contributed by atoms with Crippen molar-refractivity contribution in [3.8, 4) is 0 Å². The largest absolute Gasteiger partial charge is 0.467 e. The highest BCUT2D eigenvalue weighted by molar-refractivity contribution is 6.01. The van der Waals surface area contributed by atoms with Gasteiger partial charge in [0, 0.05) is 24.2 Å². The first kappa shape index (κ1) is 21.0. The van der Waals surface area contributed by atoms with Crippen LogP contribution in [-0.2, 0) is 16.1 Å².